The van der Waals surface area contributed by atoms with Gasteiger partial charge in [0.05, 0.1) is 6.04 Å². The molecule has 1 saturated carbocycles. The quantitative estimate of drug-likeness (QED) is 0.547. The van der Waals surface area contributed by atoms with E-state index in [-0.39, 0.29) is 24.1 Å². The molecule has 0 bridgehead atoms. The minimum Gasteiger partial charge on any atom is -0.383 e. The van der Waals surface area contributed by atoms with Gasteiger partial charge in [0.1, 0.15) is 22.9 Å². The molecule has 3 aromatic rings. The second-order valence-corrected chi connectivity index (χ2v) is 8.19. The van der Waals surface area contributed by atoms with Crippen molar-refractivity contribution in [3.8, 4) is 11.3 Å². The molecule has 0 saturated heterocycles. The largest absolute Gasteiger partial charge is 0.383 e. The number of carbonyl (C=O) groups excluding carboxylic acids is 2. The lowest BCUT2D eigenvalue weighted by atomic mass is 10.0. The lowest BCUT2D eigenvalue weighted by molar-refractivity contribution is 0.0948. The molecular formula is C24H26FN5O2. The Bertz CT molecular complexity index is 1160. The number of rotatable bonds is 6. The smallest absolute Gasteiger partial charge is 0.254 e. The van der Waals surface area contributed by atoms with Crippen molar-refractivity contribution in [1.82, 2.24) is 15.1 Å². The summed E-state index contributed by atoms with van der Waals surface area (Å²) in [5.74, 6) is -1.10. The first-order chi connectivity index (χ1) is 15.3. The fourth-order valence-corrected chi connectivity index (χ4v) is 4.22. The highest BCUT2D eigenvalue weighted by atomic mass is 19.1. The summed E-state index contributed by atoms with van der Waals surface area (Å²) >= 11 is 0. The van der Waals surface area contributed by atoms with Gasteiger partial charge in [0, 0.05) is 17.7 Å². The van der Waals surface area contributed by atoms with E-state index in [1.807, 2.05) is 24.3 Å². The van der Waals surface area contributed by atoms with Crippen LogP contribution in [0.5, 0.6) is 0 Å². The molecular weight excluding hydrogens is 409 g/mol. The van der Waals surface area contributed by atoms with Gasteiger partial charge in [-0.3, -0.25) is 9.59 Å². The Morgan fingerprint density at radius 1 is 1.16 bits per heavy atom. The second kappa shape index (κ2) is 8.82. The third-order valence-corrected chi connectivity index (χ3v) is 5.99. The van der Waals surface area contributed by atoms with E-state index >= 15 is 0 Å². The number of benzene rings is 2. The van der Waals surface area contributed by atoms with Crippen molar-refractivity contribution in [2.45, 2.75) is 45.2 Å². The summed E-state index contributed by atoms with van der Waals surface area (Å²) in [4.78, 5) is 24.5. The number of carbonyl (C=O) groups is 2. The molecule has 166 valence electrons. The molecule has 0 atom stereocenters. The number of aryl methyl sites for hydroxylation is 1. The van der Waals surface area contributed by atoms with Gasteiger partial charge >= 0.3 is 0 Å². The highest BCUT2D eigenvalue weighted by Gasteiger charge is 2.27. The van der Waals surface area contributed by atoms with Crippen LogP contribution in [0.4, 0.5) is 10.2 Å². The number of halogens is 1. The van der Waals surface area contributed by atoms with Crippen LogP contribution in [0, 0.1) is 12.7 Å². The van der Waals surface area contributed by atoms with Crippen LogP contribution in [0.25, 0.3) is 11.3 Å². The average molecular weight is 436 g/mol. The predicted molar refractivity (Wildman–Crippen MR) is 120 cm³/mol. The van der Waals surface area contributed by atoms with E-state index in [2.05, 4.69) is 10.4 Å². The van der Waals surface area contributed by atoms with Crippen molar-refractivity contribution >= 4 is 17.6 Å². The molecule has 1 aromatic heterocycles. The Morgan fingerprint density at radius 3 is 2.50 bits per heavy atom. The molecule has 1 aliphatic carbocycles. The second-order valence-electron chi connectivity index (χ2n) is 8.19. The van der Waals surface area contributed by atoms with Gasteiger partial charge in [0.25, 0.3) is 11.8 Å². The molecule has 5 N–H and O–H groups in total. The Morgan fingerprint density at radius 2 is 1.84 bits per heavy atom. The lowest BCUT2D eigenvalue weighted by Crippen LogP contribution is -2.23. The normalized spacial score (nSPS) is 13.9. The van der Waals surface area contributed by atoms with Gasteiger partial charge in [-0.05, 0) is 43.0 Å². The first kappa shape index (κ1) is 21.5. The maximum absolute atomic E-state index is 13.5. The van der Waals surface area contributed by atoms with E-state index in [1.54, 1.807) is 17.7 Å². The first-order valence-corrected chi connectivity index (χ1v) is 10.7. The highest BCUT2D eigenvalue weighted by Crippen LogP contribution is 2.35. The van der Waals surface area contributed by atoms with Gasteiger partial charge in [-0.25, -0.2) is 9.07 Å². The first-order valence-electron chi connectivity index (χ1n) is 10.7. The molecule has 1 fully saturated rings. The zero-order chi connectivity index (χ0) is 22.8. The zero-order valence-electron chi connectivity index (χ0n) is 17.9. The van der Waals surface area contributed by atoms with E-state index in [4.69, 9.17) is 11.5 Å². The average Bonchev–Trinajstić information content (AvgIpc) is 3.42. The van der Waals surface area contributed by atoms with Crippen LogP contribution in [-0.4, -0.2) is 21.6 Å². The van der Waals surface area contributed by atoms with Crippen molar-refractivity contribution in [3.63, 3.8) is 0 Å². The molecule has 0 unspecified atom stereocenters. The minimum atomic E-state index is -0.608. The summed E-state index contributed by atoms with van der Waals surface area (Å²) in [6.07, 6.45) is 4.18. The Labute approximate surface area is 185 Å². The number of nitrogens with two attached hydrogens (primary N) is 2. The van der Waals surface area contributed by atoms with E-state index < -0.39 is 11.7 Å². The van der Waals surface area contributed by atoms with Gasteiger partial charge in [0.15, 0.2) is 0 Å². The number of aromatic nitrogens is 2. The van der Waals surface area contributed by atoms with Crippen LogP contribution in [0.15, 0.2) is 42.5 Å². The molecule has 0 spiro atoms. The number of amides is 2. The molecule has 1 aliphatic rings. The Balaban J connectivity index is 1.52. The molecule has 0 aliphatic heterocycles. The number of nitrogens with zero attached hydrogens (tertiary/aromatic N) is 2. The number of nitrogen functional groups attached to an aromatic ring is 1. The summed E-state index contributed by atoms with van der Waals surface area (Å²) in [6.45, 7) is 2.03. The molecule has 32 heavy (non-hydrogen) atoms. The topological polar surface area (TPSA) is 116 Å². The fraction of sp³-hybridized carbons (Fsp3) is 0.292. The number of hydrogen-bond acceptors (Lipinski definition) is 4. The zero-order valence-corrected chi connectivity index (χ0v) is 17.9. The number of anilines is 1. The van der Waals surface area contributed by atoms with Crippen LogP contribution < -0.4 is 16.8 Å². The van der Waals surface area contributed by atoms with Crippen LogP contribution >= 0.6 is 0 Å². The maximum atomic E-state index is 13.5. The van der Waals surface area contributed by atoms with E-state index in [0.29, 0.717) is 22.6 Å². The van der Waals surface area contributed by atoms with Gasteiger partial charge < -0.3 is 16.8 Å². The van der Waals surface area contributed by atoms with Crippen molar-refractivity contribution in [3.05, 3.63) is 70.5 Å². The Kier molecular flexibility index (Phi) is 5.94. The van der Waals surface area contributed by atoms with Crippen LogP contribution in [0.3, 0.4) is 0 Å². The standard InChI is InChI=1S/C24H26FN5O2/c1-14-6-11-17(25)12-19(14)24(32)28-13-15-7-9-16(10-8-15)21-20(23(27)31)22(26)30(29-21)18-4-2-3-5-18/h6-12,18H,2-5,13,26H2,1H3,(H2,27,31)(H,28,32). The number of primary amides is 1. The molecule has 8 heteroatoms. The molecule has 4 rings (SSSR count). The van der Waals surface area contributed by atoms with Gasteiger partial charge in [0.2, 0.25) is 0 Å². The summed E-state index contributed by atoms with van der Waals surface area (Å²) in [6, 6.07) is 11.6. The SMILES string of the molecule is Cc1ccc(F)cc1C(=O)NCc1ccc(-c2nn(C3CCCC3)c(N)c2C(N)=O)cc1. The van der Waals surface area contributed by atoms with Crippen molar-refractivity contribution in [2.75, 3.05) is 5.73 Å². The third kappa shape index (κ3) is 4.21. The van der Waals surface area contributed by atoms with E-state index in [9.17, 15) is 14.0 Å². The number of nitrogens with one attached hydrogen (secondary N) is 1. The van der Waals surface area contributed by atoms with Crippen molar-refractivity contribution in [2.24, 2.45) is 5.73 Å². The summed E-state index contributed by atoms with van der Waals surface area (Å²) in [7, 11) is 0. The Hall–Kier alpha value is -3.68. The summed E-state index contributed by atoms with van der Waals surface area (Å²) in [5.41, 5.74) is 15.1. The summed E-state index contributed by atoms with van der Waals surface area (Å²) < 4.78 is 15.2. The highest BCUT2D eigenvalue weighted by molar-refractivity contribution is 6.03. The molecule has 1 heterocycles. The van der Waals surface area contributed by atoms with Crippen LogP contribution in [-0.2, 0) is 6.54 Å². The van der Waals surface area contributed by atoms with Gasteiger partial charge in [-0.15, -0.1) is 0 Å². The van der Waals surface area contributed by atoms with Gasteiger partial charge in [-0.1, -0.05) is 43.2 Å². The molecule has 2 aromatic carbocycles. The predicted octanol–water partition coefficient (Wildman–Crippen LogP) is 3.72. The third-order valence-electron chi connectivity index (χ3n) is 5.99. The van der Waals surface area contributed by atoms with Crippen molar-refractivity contribution < 1.29 is 14.0 Å². The monoisotopic (exact) mass is 435 g/mol. The fourth-order valence-electron chi connectivity index (χ4n) is 4.22. The van der Waals surface area contributed by atoms with E-state index in [1.165, 1.54) is 12.1 Å². The number of hydrogen-bond donors (Lipinski definition) is 3. The maximum Gasteiger partial charge on any atom is 0.254 e. The molecule has 2 amide bonds. The molecule has 0 radical (unpaired) electrons. The van der Waals surface area contributed by atoms with Crippen LogP contribution in [0.2, 0.25) is 0 Å². The molecule has 7 nitrogen and oxygen atoms in total. The minimum absolute atomic E-state index is 0.183. The van der Waals surface area contributed by atoms with Gasteiger partial charge in [-0.2, -0.15) is 5.10 Å². The summed E-state index contributed by atoms with van der Waals surface area (Å²) in [5, 5.41) is 7.43. The lowest BCUT2D eigenvalue weighted by Gasteiger charge is -2.11. The van der Waals surface area contributed by atoms with Crippen molar-refractivity contribution in [1.29, 1.82) is 0 Å². The van der Waals surface area contributed by atoms with E-state index in [0.717, 1.165) is 36.8 Å². The van der Waals surface area contributed by atoms with Crippen LogP contribution in [0.1, 0.15) is 63.6 Å².